The number of benzene rings is 1. The number of pyridine rings is 1. The lowest BCUT2D eigenvalue weighted by atomic mass is 10.2. The van der Waals surface area contributed by atoms with Gasteiger partial charge in [-0.05, 0) is 30.3 Å². The number of carbonyl (C=O) groups excluding carboxylic acids is 1. The summed E-state index contributed by atoms with van der Waals surface area (Å²) in [7, 11) is 3.31. The first kappa shape index (κ1) is 22.4. The van der Waals surface area contributed by atoms with E-state index in [1.807, 2.05) is 36.4 Å². The molecule has 0 unspecified atom stereocenters. The summed E-state index contributed by atoms with van der Waals surface area (Å²) in [6, 6.07) is 13.4. The van der Waals surface area contributed by atoms with E-state index in [1.54, 1.807) is 32.5 Å². The van der Waals surface area contributed by atoms with E-state index in [4.69, 9.17) is 21.9 Å². The second-order valence-corrected chi connectivity index (χ2v) is 9.65. The van der Waals surface area contributed by atoms with E-state index in [0.717, 1.165) is 24.5 Å². The summed E-state index contributed by atoms with van der Waals surface area (Å²) in [5.74, 6) is 1.21. The molecule has 1 amide bonds. The SMILES string of the molecule is COc1ccccc1N1CCN(c2nc3ccccn3c(=O)c2/C=C2\SC(=S)N(C)C2=O)CC1. The molecule has 8 nitrogen and oxygen atoms in total. The van der Waals surface area contributed by atoms with E-state index in [1.165, 1.54) is 21.1 Å². The van der Waals surface area contributed by atoms with Crippen LogP contribution in [0.5, 0.6) is 5.75 Å². The Bertz CT molecular complexity index is 1380. The van der Waals surface area contributed by atoms with E-state index in [0.29, 0.717) is 39.3 Å². The van der Waals surface area contributed by atoms with Crippen LogP contribution in [-0.4, -0.2) is 64.8 Å². The summed E-state index contributed by atoms with van der Waals surface area (Å²) in [5.41, 5.74) is 1.79. The van der Waals surface area contributed by atoms with Crippen LogP contribution >= 0.6 is 24.0 Å². The van der Waals surface area contributed by atoms with Crippen molar-refractivity contribution in [2.24, 2.45) is 0 Å². The molecule has 2 aromatic heterocycles. The maximum absolute atomic E-state index is 13.5. The highest BCUT2D eigenvalue weighted by atomic mass is 32.2. The van der Waals surface area contributed by atoms with Crippen molar-refractivity contribution >= 4 is 57.4 Å². The number of thiocarbonyl (C=S) groups is 1. The Hall–Kier alpha value is -3.37. The number of ether oxygens (including phenoxy) is 1. The van der Waals surface area contributed by atoms with Crippen molar-refractivity contribution in [3.05, 3.63) is 69.5 Å². The molecule has 0 spiro atoms. The van der Waals surface area contributed by atoms with Gasteiger partial charge in [-0.25, -0.2) is 4.98 Å². The highest BCUT2D eigenvalue weighted by Gasteiger charge is 2.30. The molecule has 0 saturated carbocycles. The minimum Gasteiger partial charge on any atom is -0.495 e. The molecule has 174 valence electrons. The summed E-state index contributed by atoms with van der Waals surface area (Å²) in [4.78, 5) is 37.2. The molecule has 5 rings (SSSR count). The zero-order valence-electron chi connectivity index (χ0n) is 18.8. The Labute approximate surface area is 206 Å². The van der Waals surface area contributed by atoms with E-state index in [9.17, 15) is 9.59 Å². The Morgan fingerprint density at radius 2 is 1.74 bits per heavy atom. The Morgan fingerprint density at radius 1 is 1.03 bits per heavy atom. The molecular weight excluding hydrogens is 470 g/mol. The predicted molar refractivity (Wildman–Crippen MR) is 140 cm³/mol. The maximum Gasteiger partial charge on any atom is 0.267 e. The molecule has 0 bridgehead atoms. The molecule has 0 N–H and O–H groups in total. The first-order chi connectivity index (χ1) is 16.5. The van der Waals surface area contributed by atoms with Crippen LogP contribution in [-0.2, 0) is 4.79 Å². The van der Waals surface area contributed by atoms with Crippen molar-refractivity contribution in [3.8, 4) is 5.75 Å². The van der Waals surface area contributed by atoms with E-state index in [2.05, 4.69) is 9.80 Å². The highest BCUT2D eigenvalue weighted by molar-refractivity contribution is 8.26. The molecule has 1 aromatic carbocycles. The number of rotatable bonds is 4. The fraction of sp³-hybridized carbons (Fsp3) is 0.250. The quantitative estimate of drug-likeness (QED) is 0.406. The number of aromatic nitrogens is 2. The molecule has 2 aliphatic heterocycles. The van der Waals surface area contributed by atoms with Crippen LogP contribution in [0.3, 0.4) is 0 Å². The van der Waals surface area contributed by atoms with Crippen LogP contribution in [0, 0.1) is 0 Å². The normalized spacial score (nSPS) is 17.8. The number of para-hydroxylation sites is 2. The number of hydrogen-bond donors (Lipinski definition) is 0. The van der Waals surface area contributed by atoms with Crippen molar-refractivity contribution in [1.29, 1.82) is 0 Å². The lowest BCUT2D eigenvalue weighted by Crippen LogP contribution is -2.47. The molecule has 2 aliphatic rings. The van der Waals surface area contributed by atoms with Crippen LogP contribution in [0.15, 0.2) is 58.4 Å². The molecule has 2 fully saturated rings. The zero-order valence-corrected chi connectivity index (χ0v) is 20.4. The lowest BCUT2D eigenvalue weighted by Gasteiger charge is -2.37. The Balaban J connectivity index is 1.52. The second-order valence-electron chi connectivity index (χ2n) is 7.97. The van der Waals surface area contributed by atoms with Gasteiger partial charge in [0.2, 0.25) is 0 Å². The molecule has 10 heteroatoms. The number of methoxy groups -OCH3 is 1. The Morgan fingerprint density at radius 3 is 2.44 bits per heavy atom. The lowest BCUT2D eigenvalue weighted by molar-refractivity contribution is -0.121. The van der Waals surface area contributed by atoms with Gasteiger partial charge in [-0.3, -0.25) is 18.9 Å². The van der Waals surface area contributed by atoms with Gasteiger partial charge in [0, 0.05) is 39.4 Å². The van der Waals surface area contributed by atoms with E-state index in [-0.39, 0.29) is 11.5 Å². The van der Waals surface area contributed by atoms with Gasteiger partial charge in [-0.15, -0.1) is 0 Å². The average Bonchev–Trinajstić information content (AvgIpc) is 3.12. The van der Waals surface area contributed by atoms with Crippen molar-refractivity contribution in [1.82, 2.24) is 14.3 Å². The number of likely N-dealkylation sites (N-methyl/N-ethyl adjacent to an activating group) is 1. The number of amides is 1. The zero-order chi connectivity index (χ0) is 23.8. The summed E-state index contributed by atoms with van der Waals surface area (Å²) in [5, 5.41) is 0. The summed E-state index contributed by atoms with van der Waals surface area (Å²) in [6.45, 7) is 2.83. The van der Waals surface area contributed by atoms with Gasteiger partial charge >= 0.3 is 0 Å². The molecule has 0 atom stereocenters. The highest BCUT2D eigenvalue weighted by Crippen LogP contribution is 2.33. The third-order valence-electron chi connectivity index (χ3n) is 6.02. The average molecular weight is 494 g/mol. The molecule has 34 heavy (non-hydrogen) atoms. The van der Waals surface area contributed by atoms with E-state index >= 15 is 0 Å². The number of anilines is 2. The van der Waals surface area contributed by atoms with Gasteiger partial charge in [-0.1, -0.05) is 42.2 Å². The third-order valence-corrected chi connectivity index (χ3v) is 7.50. The van der Waals surface area contributed by atoms with Crippen LogP contribution in [0.4, 0.5) is 11.5 Å². The topological polar surface area (TPSA) is 70.4 Å². The van der Waals surface area contributed by atoms with Crippen molar-refractivity contribution in [3.63, 3.8) is 0 Å². The smallest absolute Gasteiger partial charge is 0.267 e. The van der Waals surface area contributed by atoms with Crippen molar-refractivity contribution in [2.75, 3.05) is 50.1 Å². The molecule has 4 heterocycles. The largest absolute Gasteiger partial charge is 0.495 e. The molecular formula is C24H23N5O3S2. The number of carbonyl (C=O) groups is 1. The van der Waals surface area contributed by atoms with Gasteiger partial charge in [0.25, 0.3) is 11.5 Å². The summed E-state index contributed by atoms with van der Waals surface area (Å²) < 4.78 is 7.50. The first-order valence-electron chi connectivity index (χ1n) is 10.8. The molecule has 2 saturated heterocycles. The van der Waals surface area contributed by atoms with E-state index < -0.39 is 0 Å². The van der Waals surface area contributed by atoms with Crippen molar-refractivity contribution < 1.29 is 9.53 Å². The van der Waals surface area contributed by atoms with Gasteiger partial charge in [-0.2, -0.15) is 0 Å². The van der Waals surface area contributed by atoms with Gasteiger partial charge in [0.15, 0.2) is 0 Å². The number of nitrogens with zero attached hydrogens (tertiary/aromatic N) is 5. The minimum absolute atomic E-state index is 0.209. The van der Waals surface area contributed by atoms with Gasteiger partial charge < -0.3 is 14.5 Å². The maximum atomic E-state index is 13.5. The number of fused-ring (bicyclic) bond motifs is 1. The standard InChI is InChI=1S/C24H23N5O3S2/c1-26-23(31)19(34-24(26)33)15-16-21(25-20-9-5-6-10-29(20)22(16)30)28-13-11-27(12-14-28)17-7-3-4-8-18(17)32-2/h3-10,15H,11-14H2,1-2H3/b19-15-. The fourth-order valence-corrected chi connectivity index (χ4v) is 5.35. The molecule has 0 radical (unpaired) electrons. The number of thioether (sulfide) groups is 1. The molecule has 3 aromatic rings. The third kappa shape index (κ3) is 3.92. The van der Waals surface area contributed by atoms with Crippen molar-refractivity contribution in [2.45, 2.75) is 0 Å². The molecule has 0 aliphatic carbocycles. The first-order valence-corrected chi connectivity index (χ1v) is 12.1. The number of piperazine rings is 1. The van der Waals surface area contributed by atoms with Crippen LogP contribution in [0.1, 0.15) is 5.56 Å². The van der Waals surface area contributed by atoms with Crippen LogP contribution in [0.2, 0.25) is 0 Å². The van der Waals surface area contributed by atoms with Gasteiger partial charge in [0.1, 0.15) is 21.5 Å². The monoisotopic (exact) mass is 493 g/mol. The van der Waals surface area contributed by atoms with Gasteiger partial charge in [0.05, 0.1) is 23.3 Å². The van der Waals surface area contributed by atoms with Crippen LogP contribution < -0.4 is 20.1 Å². The number of hydrogen-bond acceptors (Lipinski definition) is 8. The summed E-state index contributed by atoms with van der Waals surface area (Å²) >= 11 is 6.46. The fourth-order valence-electron chi connectivity index (χ4n) is 4.19. The Kier molecular flexibility index (Phi) is 6.01. The minimum atomic E-state index is -0.214. The summed E-state index contributed by atoms with van der Waals surface area (Å²) in [6.07, 6.45) is 3.33. The second kappa shape index (κ2) is 9.11. The van der Waals surface area contributed by atoms with Crippen LogP contribution in [0.25, 0.3) is 11.7 Å². The predicted octanol–water partition coefficient (Wildman–Crippen LogP) is 2.86.